The van der Waals surface area contributed by atoms with Crippen molar-refractivity contribution in [2.75, 3.05) is 19.7 Å². The van der Waals surface area contributed by atoms with Gasteiger partial charge in [-0.05, 0) is 50.3 Å². The summed E-state index contributed by atoms with van der Waals surface area (Å²) in [6.07, 6.45) is 2.49. The average molecular weight is 327 g/mol. The third-order valence-electron chi connectivity index (χ3n) is 4.09. The van der Waals surface area contributed by atoms with Crippen LogP contribution in [0.25, 0.3) is 0 Å². The largest absolute Gasteiger partial charge is 0.377 e. The highest BCUT2D eigenvalue weighted by atomic mass is 35.5. The standard InChI is InChI=1S/C17H26N2O2.ClH/c1-12-6-7-15(9-13(12)2)14(3)19-17(20)11-18-10-16-5-4-8-21-16;/h6-7,9,14,16,18H,4-5,8,10-11H2,1-3H3,(H,19,20);1H. The summed E-state index contributed by atoms with van der Waals surface area (Å²) < 4.78 is 5.52. The van der Waals surface area contributed by atoms with E-state index in [1.165, 1.54) is 11.1 Å². The van der Waals surface area contributed by atoms with E-state index in [2.05, 4.69) is 42.7 Å². The second kappa shape index (κ2) is 9.13. The Kier molecular flexibility index (Phi) is 7.87. The fraction of sp³-hybridized carbons (Fsp3) is 0.588. The molecule has 1 saturated heterocycles. The minimum absolute atomic E-state index is 0. The fourth-order valence-corrected chi connectivity index (χ4v) is 2.56. The summed E-state index contributed by atoms with van der Waals surface area (Å²) >= 11 is 0. The normalized spacial score (nSPS) is 18.6. The lowest BCUT2D eigenvalue weighted by Gasteiger charge is -2.16. The van der Waals surface area contributed by atoms with E-state index < -0.39 is 0 Å². The molecule has 2 atom stereocenters. The molecule has 2 rings (SSSR count). The van der Waals surface area contributed by atoms with Crippen molar-refractivity contribution < 1.29 is 9.53 Å². The van der Waals surface area contributed by atoms with Gasteiger partial charge >= 0.3 is 0 Å². The first kappa shape index (κ1) is 18.9. The number of hydrogen-bond acceptors (Lipinski definition) is 3. The summed E-state index contributed by atoms with van der Waals surface area (Å²) in [6.45, 7) is 8.15. The maximum Gasteiger partial charge on any atom is 0.234 e. The number of hydrogen-bond donors (Lipinski definition) is 2. The number of aryl methyl sites for hydroxylation is 2. The van der Waals surface area contributed by atoms with Crippen LogP contribution >= 0.6 is 12.4 Å². The molecule has 1 fully saturated rings. The summed E-state index contributed by atoms with van der Waals surface area (Å²) in [7, 11) is 0. The van der Waals surface area contributed by atoms with Crippen molar-refractivity contribution >= 4 is 18.3 Å². The number of carbonyl (C=O) groups is 1. The second-order valence-electron chi connectivity index (χ2n) is 5.90. The first-order valence-corrected chi connectivity index (χ1v) is 7.75. The highest BCUT2D eigenvalue weighted by molar-refractivity contribution is 5.85. The summed E-state index contributed by atoms with van der Waals surface area (Å²) in [6, 6.07) is 6.34. The fourth-order valence-electron chi connectivity index (χ4n) is 2.56. The minimum atomic E-state index is 0. The molecule has 2 unspecified atom stereocenters. The molecule has 1 amide bonds. The van der Waals surface area contributed by atoms with Crippen LogP contribution in [0.4, 0.5) is 0 Å². The Morgan fingerprint density at radius 3 is 2.77 bits per heavy atom. The van der Waals surface area contributed by atoms with Crippen molar-refractivity contribution in [3.63, 3.8) is 0 Å². The van der Waals surface area contributed by atoms with Gasteiger partial charge in [-0.15, -0.1) is 12.4 Å². The lowest BCUT2D eigenvalue weighted by molar-refractivity contribution is -0.120. The maximum atomic E-state index is 11.9. The van der Waals surface area contributed by atoms with E-state index in [0.717, 1.165) is 31.6 Å². The molecule has 0 aliphatic carbocycles. The Labute approximate surface area is 139 Å². The lowest BCUT2D eigenvalue weighted by atomic mass is 10.0. The Hall–Kier alpha value is -1.10. The molecule has 4 nitrogen and oxygen atoms in total. The van der Waals surface area contributed by atoms with Gasteiger partial charge in [0.1, 0.15) is 0 Å². The topological polar surface area (TPSA) is 50.4 Å². The highest BCUT2D eigenvalue weighted by Crippen LogP contribution is 2.16. The van der Waals surface area contributed by atoms with Crippen LogP contribution in [-0.4, -0.2) is 31.7 Å². The van der Waals surface area contributed by atoms with Gasteiger partial charge in [0.25, 0.3) is 0 Å². The molecule has 124 valence electrons. The summed E-state index contributed by atoms with van der Waals surface area (Å²) in [5, 5.41) is 6.19. The lowest BCUT2D eigenvalue weighted by Crippen LogP contribution is -2.38. The minimum Gasteiger partial charge on any atom is -0.377 e. The first-order valence-electron chi connectivity index (χ1n) is 7.75. The Bertz CT molecular complexity index is 488. The van der Waals surface area contributed by atoms with Crippen LogP contribution < -0.4 is 10.6 Å². The molecule has 0 spiro atoms. The molecule has 5 heteroatoms. The predicted octanol–water partition coefficient (Wildman–Crippen LogP) is 2.67. The Morgan fingerprint density at radius 1 is 1.36 bits per heavy atom. The number of rotatable bonds is 6. The third-order valence-corrected chi connectivity index (χ3v) is 4.09. The summed E-state index contributed by atoms with van der Waals surface area (Å²) in [4.78, 5) is 11.9. The number of ether oxygens (including phenoxy) is 1. The molecule has 1 heterocycles. The van der Waals surface area contributed by atoms with E-state index in [-0.39, 0.29) is 30.5 Å². The molecule has 2 N–H and O–H groups in total. The summed E-state index contributed by atoms with van der Waals surface area (Å²) in [5.74, 6) is 0.0266. The van der Waals surface area contributed by atoms with Crippen molar-refractivity contribution in [2.24, 2.45) is 0 Å². The highest BCUT2D eigenvalue weighted by Gasteiger charge is 2.15. The van der Waals surface area contributed by atoms with E-state index in [1.54, 1.807) is 0 Å². The molecule has 1 aliphatic heterocycles. The van der Waals surface area contributed by atoms with Crippen LogP contribution in [-0.2, 0) is 9.53 Å². The zero-order chi connectivity index (χ0) is 15.2. The van der Waals surface area contributed by atoms with Crippen LogP contribution in [0.3, 0.4) is 0 Å². The van der Waals surface area contributed by atoms with Gasteiger partial charge in [0, 0.05) is 13.2 Å². The van der Waals surface area contributed by atoms with Crippen molar-refractivity contribution in [3.05, 3.63) is 34.9 Å². The Balaban J connectivity index is 0.00000242. The van der Waals surface area contributed by atoms with Gasteiger partial charge in [-0.2, -0.15) is 0 Å². The van der Waals surface area contributed by atoms with Gasteiger partial charge in [0.15, 0.2) is 0 Å². The van der Waals surface area contributed by atoms with Gasteiger partial charge in [0.2, 0.25) is 5.91 Å². The van der Waals surface area contributed by atoms with Crippen LogP contribution in [0.1, 0.15) is 42.5 Å². The molecular formula is C17H27ClN2O2. The average Bonchev–Trinajstić information content (AvgIpc) is 2.95. The molecular weight excluding hydrogens is 300 g/mol. The molecule has 1 aromatic carbocycles. The van der Waals surface area contributed by atoms with E-state index in [9.17, 15) is 4.79 Å². The zero-order valence-electron chi connectivity index (χ0n) is 13.6. The first-order chi connectivity index (χ1) is 10.1. The second-order valence-corrected chi connectivity index (χ2v) is 5.90. The predicted molar refractivity (Wildman–Crippen MR) is 91.6 cm³/mol. The zero-order valence-corrected chi connectivity index (χ0v) is 14.5. The Morgan fingerprint density at radius 2 is 2.14 bits per heavy atom. The molecule has 1 aromatic rings. The maximum absolute atomic E-state index is 11.9. The van der Waals surface area contributed by atoms with E-state index >= 15 is 0 Å². The molecule has 0 radical (unpaired) electrons. The number of halogens is 1. The smallest absolute Gasteiger partial charge is 0.234 e. The molecule has 0 bridgehead atoms. The van der Waals surface area contributed by atoms with Crippen LogP contribution in [0.2, 0.25) is 0 Å². The SMILES string of the molecule is Cc1ccc(C(C)NC(=O)CNCC2CCCO2)cc1C.Cl. The monoisotopic (exact) mass is 326 g/mol. The van der Waals surface area contributed by atoms with E-state index in [4.69, 9.17) is 4.74 Å². The third kappa shape index (κ3) is 5.59. The summed E-state index contributed by atoms with van der Waals surface area (Å²) in [5.41, 5.74) is 3.67. The van der Waals surface area contributed by atoms with Crippen molar-refractivity contribution in [2.45, 2.75) is 45.8 Å². The number of benzene rings is 1. The van der Waals surface area contributed by atoms with Gasteiger partial charge in [0.05, 0.1) is 18.7 Å². The van der Waals surface area contributed by atoms with Crippen LogP contribution in [0.15, 0.2) is 18.2 Å². The van der Waals surface area contributed by atoms with E-state index in [0.29, 0.717) is 6.54 Å². The molecule has 0 saturated carbocycles. The number of carbonyl (C=O) groups excluding carboxylic acids is 1. The quantitative estimate of drug-likeness (QED) is 0.845. The van der Waals surface area contributed by atoms with Gasteiger partial charge in [-0.1, -0.05) is 18.2 Å². The number of nitrogens with one attached hydrogen (secondary N) is 2. The van der Waals surface area contributed by atoms with Gasteiger partial charge in [-0.25, -0.2) is 0 Å². The van der Waals surface area contributed by atoms with Crippen molar-refractivity contribution in [1.29, 1.82) is 0 Å². The van der Waals surface area contributed by atoms with Gasteiger partial charge < -0.3 is 15.4 Å². The molecule has 1 aliphatic rings. The van der Waals surface area contributed by atoms with Gasteiger partial charge in [-0.3, -0.25) is 4.79 Å². The van der Waals surface area contributed by atoms with Crippen molar-refractivity contribution in [1.82, 2.24) is 10.6 Å². The van der Waals surface area contributed by atoms with Crippen LogP contribution in [0, 0.1) is 13.8 Å². The molecule has 22 heavy (non-hydrogen) atoms. The van der Waals surface area contributed by atoms with Crippen molar-refractivity contribution in [3.8, 4) is 0 Å². The molecule has 0 aromatic heterocycles. The number of amides is 1. The van der Waals surface area contributed by atoms with Crippen LogP contribution in [0.5, 0.6) is 0 Å². The van der Waals surface area contributed by atoms with E-state index in [1.807, 2.05) is 6.92 Å².